The lowest BCUT2D eigenvalue weighted by atomic mass is 9.95. The lowest BCUT2D eigenvalue weighted by Gasteiger charge is -2.44. The second-order valence-corrected chi connectivity index (χ2v) is 10.3. The van der Waals surface area contributed by atoms with Crippen molar-refractivity contribution >= 4 is 17.7 Å². The van der Waals surface area contributed by atoms with E-state index in [2.05, 4.69) is 0 Å². The average molecular weight is 625 g/mol. The summed E-state index contributed by atoms with van der Waals surface area (Å²) in [5, 5.41) is 90.6. The van der Waals surface area contributed by atoms with Gasteiger partial charge in [-0.25, -0.2) is 9.59 Å². The van der Waals surface area contributed by atoms with Crippen molar-refractivity contribution in [3.05, 3.63) is 47.5 Å². The molecule has 17 nitrogen and oxygen atoms in total. The van der Waals surface area contributed by atoms with Crippen LogP contribution in [0.5, 0.6) is 23.0 Å². The van der Waals surface area contributed by atoms with Gasteiger partial charge in [0.2, 0.25) is 6.29 Å². The summed E-state index contributed by atoms with van der Waals surface area (Å²) in [6.45, 7) is 0. The van der Waals surface area contributed by atoms with Gasteiger partial charge in [0.05, 0.1) is 6.42 Å². The van der Waals surface area contributed by atoms with Crippen LogP contribution in [0.25, 0.3) is 0 Å². The van der Waals surface area contributed by atoms with Crippen LogP contribution in [0.3, 0.4) is 0 Å². The van der Waals surface area contributed by atoms with E-state index in [0.29, 0.717) is 5.56 Å². The number of ether oxygens (including phenoxy) is 5. The van der Waals surface area contributed by atoms with E-state index < -0.39 is 91.0 Å². The number of fused-ring (bicyclic) bond motifs is 1. The molecule has 1 unspecified atom stereocenters. The van der Waals surface area contributed by atoms with Crippen LogP contribution in [-0.2, 0) is 23.8 Å². The number of phenolic OH excluding ortho intramolecular Hbond substituents is 2. The predicted molar refractivity (Wildman–Crippen MR) is 137 cm³/mol. The minimum atomic E-state index is -2.15. The number of carbonyl (C=O) groups excluding carboxylic acids is 1. The Hall–Kier alpha value is -4.07. The maximum Gasteiger partial charge on any atom is 0.335 e. The first kappa shape index (κ1) is 31.4. The number of aliphatic hydroxyl groups is 5. The quantitative estimate of drug-likeness (QED) is 0.161. The lowest BCUT2D eigenvalue weighted by Crippen LogP contribution is -2.66. The zero-order valence-electron chi connectivity index (χ0n) is 22.3. The Morgan fingerprint density at radius 3 is 1.98 bits per heavy atom. The second-order valence-electron chi connectivity index (χ2n) is 10.3. The minimum Gasteiger partial charge on any atom is -0.508 e. The van der Waals surface area contributed by atoms with Crippen molar-refractivity contribution in [1.82, 2.24) is 0 Å². The number of aromatic hydroxyl groups is 2. The number of aliphatic hydroxyl groups excluding tert-OH is 5. The van der Waals surface area contributed by atoms with Gasteiger partial charge in [0.15, 0.2) is 30.4 Å². The largest absolute Gasteiger partial charge is 0.508 e. The van der Waals surface area contributed by atoms with Crippen LogP contribution in [0.1, 0.15) is 28.4 Å². The first-order valence-electron chi connectivity index (χ1n) is 13.1. The van der Waals surface area contributed by atoms with Crippen LogP contribution in [0.4, 0.5) is 0 Å². The number of ketones is 1. The molecule has 0 spiro atoms. The van der Waals surface area contributed by atoms with E-state index in [1.807, 2.05) is 0 Å². The summed E-state index contributed by atoms with van der Waals surface area (Å²) in [5.74, 6) is -5.02. The highest BCUT2D eigenvalue weighted by Gasteiger charge is 2.54. The van der Waals surface area contributed by atoms with Gasteiger partial charge in [0, 0.05) is 12.1 Å². The van der Waals surface area contributed by atoms with Crippen LogP contribution in [0, 0.1) is 0 Å². The first-order valence-corrected chi connectivity index (χ1v) is 13.1. The molecule has 3 heterocycles. The molecule has 0 aromatic heterocycles. The molecule has 0 aliphatic carbocycles. The Bertz CT molecular complexity index is 1410. The Balaban J connectivity index is 1.44. The van der Waals surface area contributed by atoms with Crippen molar-refractivity contribution < 1.29 is 84.0 Å². The van der Waals surface area contributed by atoms with E-state index in [1.165, 1.54) is 24.3 Å². The smallest absolute Gasteiger partial charge is 0.335 e. The molecule has 0 saturated carbocycles. The van der Waals surface area contributed by atoms with Crippen LogP contribution < -0.4 is 9.47 Å². The lowest BCUT2D eigenvalue weighted by molar-refractivity contribution is -0.350. The molecular formula is C27H28O17. The molecule has 0 amide bonds. The highest BCUT2D eigenvalue weighted by molar-refractivity contribution is 6.02. The highest BCUT2D eigenvalue weighted by atomic mass is 16.8. The Kier molecular flexibility index (Phi) is 8.65. The van der Waals surface area contributed by atoms with Crippen molar-refractivity contribution in [2.75, 3.05) is 0 Å². The molecule has 17 heteroatoms. The first-order chi connectivity index (χ1) is 20.8. The third-order valence-corrected chi connectivity index (χ3v) is 7.38. The van der Waals surface area contributed by atoms with Crippen LogP contribution in [0.15, 0.2) is 36.4 Å². The SMILES string of the molecule is O=C1CC(c2ccc(O)cc2)Oc2cc(O[C@@H]3O[C@H](C(=O)O)[C@@H](O)[C@H](O)[C@H]3O[C@@H]3O[C@H](C(=O)O)[C@@H](O)[C@H](O)[C@H]3O)cc(O)c21. The monoisotopic (exact) mass is 624 g/mol. The number of benzene rings is 2. The zero-order chi connectivity index (χ0) is 32.0. The topological polar surface area (TPSA) is 279 Å². The van der Waals surface area contributed by atoms with Crippen molar-refractivity contribution in [3.8, 4) is 23.0 Å². The molecule has 3 aliphatic heterocycles. The maximum absolute atomic E-state index is 12.9. The Morgan fingerprint density at radius 2 is 1.36 bits per heavy atom. The highest BCUT2D eigenvalue weighted by Crippen LogP contribution is 2.43. The van der Waals surface area contributed by atoms with Crippen molar-refractivity contribution in [2.45, 2.75) is 73.9 Å². The standard InChI is InChI=1S/C27H28O17/c28-9-3-1-8(2-4-9)13-7-12(30)15-11(29)5-10(6-14(15)41-13)40-27-23(19(34)18(33)22(43-27)25(38)39)44-26-20(35)16(31)17(32)21(42-26)24(36)37/h1-6,13,16-23,26-29,31-35H,7H2,(H,36,37)(H,38,39)/t13?,16-,17-,18-,19-,20+,21-,22-,23+,26-,27+/m0/s1. The number of hydrogen-bond donors (Lipinski definition) is 9. The fourth-order valence-electron chi connectivity index (χ4n) is 5.09. The van der Waals surface area contributed by atoms with Crippen molar-refractivity contribution in [1.29, 1.82) is 0 Å². The summed E-state index contributed by atoms with van der Waals surface area (Å²) in [4.78, 5) is 36.1. The third kappa shape index (κ3) is 5.86. The average Bonchev–Trinajstić information content (AvgIpc) is 2.96. The minimum absolute atomic E-state index is 0.0174. The molecular weight excluding hydrogens is 596 g/mol. The van der Waals surface area contributed by atoms with E-state index in [1.54, 1.807) is 0 Å². The molecule has 9 N–H and O–H groups in total. The van der Waals surface area contributed by atoms with Crippen LogP contribution in [0.2, 0.25) is 0 Å². The Labute approximate surface area is 246 Å². The summed E-state index contributed by atoms with van der Waals surface area (Å²) in [6.07, 6.45) is -21.7. The van der Waals surface area contributed by atoms with Crippen molar-refractivity contribution in [2.24, 2.45) is 0 Å². The van der Waals surface area contributed by atoms with Gasteiger partial charge in [-0.05, 0) is 17.7 Å². The van der Waals surface area contributed by atoms with Crippen LogP contribution in [-0.4, -0.2) is 125 Å². The molecule has 238 valence electrons. The number of hydrogen-bond acceptors (Lipinski definition) is 15. The fraction of sp³-hybridized carbons (Fsp3) is 0.444. The normalized spacial score (nSPS) is 35.3. The van der Waals surface area contributed by atoms with Gasteiger partial charge < -0.3 is 69.6 Å². The number of aliphatic carboxylic acids is 2. The number of phenols is 2. The van der Waals surface area contributed by atoms with E-state index in [0.717, 1.165) is 12.1 Å². The van der Waals surface area contributed by atoms with Gasteiger partial charge in [-0.1, -0.05) is 12.1 Å². The molecule has 2 saturated heterocycles. The Morgan fingerprint density at radius 1 is 0.773 bits per heavy atom. The van der Waals surface area contributed by atoms with Crippen LogP contribution >= 0.6 is 0 Å². The molecule has 2 aromatic carbocycles. The van der Waals surface area contributed by atoms with E-state index >= 15 is 0 Å². The summed E-state index contributed by atoms with van der Waals surface area (Å²) in [6, 6.07) is 7.95. The second kappa shape index (κ2) is 12.1. The number of carboxylic acids is 2. The molecule has 44 heavy (non-hydrogen) atoms. The third-order valence-electron chi connectivity index (χ3n) is 7.38. The predicted octanol–water partition coefficient (Wildman–Crippen LogP) is -2.01. The number of rotatable bonds is 7. The summed E-state index contributed by atoms with van der Waals surface area (Å²) in [5.41, 5.74) is 0.339. The van der Waals surface area contributed by atoms with Gasteiger partial charge in [-0.15, -0.1) is 0 Å². The zero-order valence-corrected chi connectivity index (χ0v) is 22.3. The molecule has 2 fully saturated rings. The summed E-state index contributed by atoms with van der Waals surface area (Å²) < 4.78 is 27.4. The molecule has 2 aromatic rings. The molecule has 5 rings (SSSR count). The number of carboxylic acid groups (broad SMARTS) is 2. The van der Waals surface area contributed by atoms with E-state index in [4.69, 9.17) is 23.7 Å². The molecule has 11 atom stereocenters. The van der Waals surface area contributed by atoms with Crippen molar-refractivity contribution in [3.63, 3.8) is 0 Å². The van der Waals surface area contributed by atoms with Gasteiger partial charge >= 0.3 is 11.9 Å². The molecule has 0 bridgehead atoms. The van der Waals surface area contributed by atoms with Gasteiger partial charge in [-0.2, -0.15) is 0 Å². The maximum atomic E-state index is 12.9. The van der Waals surface area contributed by atoms with Gasteiger partial charge in [-0.3, -0.25) is 4.79 Å². The number of Topliss-reactive ketones (excluding diaryl/α,β-unsaturated/α-hetero) is 1. The summed E-state index contributed by atoms with van der Waals surface area (Å²) >= 11 is 0. The summed E-state index contributed by atoms with van der Waals surface area (Å²) in [7, 11) is 0. The molecule has 0 radical (unpaired) electrons. The molecule has 3 aliphatic rings. The van der Waals surface area contributed by atoms with Gasteiger partial charge in [0.1, 0.15) is 65.2 Å². The van der Waals surface area contributed by atoms with E-state index in [-0.39, 0.29) is 29.2 Å². The van der Waals surface area contributed by atoms with Gasteiger partial charge in [0.25, 0.3) is 0 Å². The van der Waals surface area contributed by atoms with E-state index in [9.17, 15) is 60.3 Å². The number of carbonyl (C=O) groups is 3. The fourth-order valence-corrected chi connectivity index (χ4v) is 5.09.